The Morgan fingerprint density at radius 1 is 1.00 bits per heavy atom. The van der Waals surface area contributed by atoms with Crippen molar-refractivity contribution in [1.29, 1.82) is 0 Å². The molecule has 0 radical (unpaired) electrons. The molecule has 1 aliphatic heterocycles. The van der Waals surface area contributed by atoms with Crippen LogP contribution in [0.4, 0.5) is 11.6 Å². The lowest BCUT2D eigenvalue weighted by atomic mass is 10.0. The van der Waals surface area contributed by atoms with Gasteiger partial charge in [0.05, 0.1) is 26.2 Å². The van der Waals surface area contributed by atoms with E-state index in [9.17, 15) is 4.79 Å². The van der Waals surface area contributed by atoms with Gasteiger partial charge in [-0.1, -0.05) is 42.5 Å². The lowest BCUT2D eigenvalue weighted by Crippen LogP contribution is -3.16. The predicted octanol–water partition coefficient (Wildman–Crippen LogP) is 2.18. The molecule has 6 nitrogen and oxygen atoms in total. The van der Waals surface area contributed by atoms with E-state index in [2.05, 4.69) is 26.3 Å². The number of rotatable bonds is 5. The molecule has 3 aromatic rings. The summed E-state index contributed by atoms with van der Waals surface area (Å²) in [7, 11) is 0. The van der Waals surface area contributed by atoms with Crippen LogP contribution in [-0.2, 0) is 4.79 Å². The predicted molar refractivity (Wildman–Crippen MR) is 119 cm³/mol. The molecule has 1 saturated heterocycles. The van der Waals surface area contributed by atoms with Crippen LogP contribution in [-0.4, -0.2) is 42.1 Å². The summed E-state index contributed by atoms with van der Waals surface area (Å²) in [4.78, 5) is 25.6. The molecule has 0 bridgehead atoms. The van der Waals surface area contributed by atoms with Crippen LogP contribution < -0.4 is 15.1 Å². The molecule has 2 aromatic carbocycles. The highest BCUT2D eigenvalue weighted by Gasteiger charge is 2.34. The molecule has 0 saturated carbocycles. The number of aryl methyl sites for hydroxylation is 2. The first kappa shape index (κ1) is 20.0. The molecule has 1 aliphatic rings. The van der Waals surface area contributed by atoms with E-state index in [4.69, 9.17) is 0 Å². The molecule has 0 spiro atoms. The number of carbonyl (C=O) groups is 1. The summed E-state index contributed by atoms with van der Waals surface area (Å²) in [5, 5.41) is 3.19. The largest absolute Gasteiger partial charge is 0.330 e. The zero-order chi connectivity index (χ0) is 20.9. The number of carbonyl (C=O) groups excluding carboxylic acids is 1. The Morgan fingerprint density at radius 3 is 2.40 bits per heavy atom. The number of amides is 1. The molecule has 0 aliphatic carbocycles. The number of benzene rings is 2. The van der Waals surface area contributed by atoms with Gasteiger partial charge in [-0.15, -0.1) is 0 Å². The molecule has 2 N–H and O–H groups in total. The van der Waals surface area contributed by atoms with E-state index in [0.29, 0.717) is 0 Å². The standard InChI is InChI=1S/C24H27N5O/c1-18-9-10-19(2)21(17-18)27-23(30)22(20-7-4-3-5-8-20)28-13-15-29(16-14-28)24-25-11-6-12-26-24/h3-12,17,22H,13-16H2,1-2H3,(H,27,30)/p+1/t22-/m0/s1. The van der Waals surface area contributed by atoms with Crippen LogP contribution in [0.2, 0.25) is 0 Å². The van der Waals surface area contributed by atoms with Crippen molar-refractivity contribution >= 4 is 17.5 Å². The molecule has 1 amide bonds. The third-order valence-electron chi connectivity index (χ3n) is 5.69. The third kappa shape index (κ3) is 4.49. The lowest BCUT2D eigenvalue weighted by molar-refractivity contribution is -0.922. The van der Waals surface area contributed by atoms with Crippen molar-refractivity contribution in [2.45, 2.75) is 19.9 Å². The van der Waals surface area contributed by atoms with E-state index >= 15 is 0 Å². The van der Waals surface area contributed by atoms with Crippen LogP contribution in [0.25, 0.3) is 0 Å². The third-order valence-corrected chi connectivity index (χ3v) is 5.69. The number of quaternary nitrogens is 1. The van der Waals surface area contributed by atoms with Gasteiger partial charge in [0, 0.05) is 23.6 Å². The second kappa shape index (κ2) is 9.05. The molecular formula is C24H28N5O+. The summed E-state index contributed by atoms with van der Waals surface area (Å²) < 4.78 is 0. The maximum Gasteiger partial charge on any atom is 0.287 e. The van der Waals surface area contributed by atoms with Gasteiger partial charge >= 0.3 is 0 Å². The molecule has 1 atom stereocenters. The monoisotopic (exact) mass is 402 g/mol. The number of piperazine rings is 1. The van der Waals surface area contributed by atoms with Gasteiger partial charge in [-0.05, 0) is 37.1 Å². The maximum atomic E-state index is 13.5. The fourth-order valence-electron chi connectivity index (χ4n) is 4.03. The molecule has 0 unspecified atom stereocenters. The Labute approximate surface area is 177 Å². The number of nitrogens with zero attached hydrogens (tertiary/aromatic N) is 3. The average Bonchev–Trinajstić information content (AvgIpc) is 2.78. The fraction of sp³-hybridized carbons (Fsp3) is 0.292. The first-order valence-corrected chi connectivity index (χ1v) is 10.4. The zero-order valence-corrected chi connectivity index (χ0v) is 17.5. The van der Waals surface area contributed by atoms with Crippen molar-refractivity contribution in [1.82, 2.24) is 9.97 Å². The number of nitrogens with one attached hydrogen (secondary N) is 2. The van der Waals surface area contributed by atoms with E-state index in [1.54, 1.807) is 12.4 Å². The number of hydrogen-bond donors (Lipinski definition) is 2. The number of anilines is 2. The molecule has 1 fully saturated rings. The SMILES string of the molecule is Cc1ccc(C)c(NC(=O)[C@H](c2ccccc2)[NH+]2CCN(c3ncccn3)CC2)c1. The molecule has 1 aromatic heterocycles. The van der Waals surface area contributed by atoms with E-state index in [-0.39, 0.29) is 11.9 Å². The zero-order valence-electron chi connectivity index (χ0n) is 17.5. The van der Waals surface area contributed by atoms with E-state index in [1.807, 2.05) is 62.4 Å². The topological polar surface area (TPSA) is 62.6 Å². The quantitative estimate of drug-likeness (QED) is 0.687. The van der Waals surface area contributed by atoms with Crippen molar-refractivity contribution in [2.24, 2.45) is 0 Å². The highest BCUT2D eigenvalue weighted by molar-refractivity contribution is 5.95. The minimum atomic E-state index is -0.259. The lowest BCUT2D eigenvalue weighted by Gasteiger charge is -2.36. The summed E-state index contributed by atoms with van der Waals surface area (Å²) >= 11 is 0. The van der Waals surface area contributed by atoms with Crippen LogP contribution in [0.1, 0.15) is 22.7 Å². The van der Waals surface area contributed by atoms with Gasteiger partial charge in [-0.3, -0.25) is 4.79 Å². The van der Waals surface area contributed by atoms with Crippen LogP contribution in [0, 0.1) is 13.8 Å². The summed E-state index contributed by atoms with van der Waals surface area (Å²) in [6.45, 7) is 7.40. The highest BCUT2D eigenvalue weighted by atomic mass is 16.2. The molecule has 6 heteroatoms. The van der Waals surface area contributed by atoms with Gasteiger partial charge in [-0.2, -0.15) is 0 Å². The molecule has 4 rings (SSSR count). The smallest absolute Gasteiger partial charge is 0.287 e. The van der Waals surface area contributed by atoms with Gasteiger partial charge < -0.3 is 15.1 Å². The molecule has 154 valence electrons. The number of hydrogen-bond acceptors (Lipinski definition) is 4. The van der Waals surface area contributed by atoms with E-state index < -0.39 is 0 Å². The maximum absolute atomic E-state index is 13.5. The molecule has 30 heavy (non-hydrogen) atoms. The first-order chi connectivity index (χ1) is 14.6. The summed E-state index contributed by atoms with van der Waals surface area (Å²) in [5.74, 6) is 0.793. The molecule has 2 heterocycles. The van der Waals surface area contributed by atoms with Gasteiger partial charge in [-0.25, -0.2) is 9.97 Å². The van der Waals surface area contributed by atoms with Crippen LogP contribution in [0.15, 0.2) is 67.0 Å². The van der Waals surface area contributed by atoms with E-state index in [1.165, 1.54) is 4.90 Å². The summed E-state index contributed by atoms with van der Waals surface area (Å²) in [6.07, 6.45) is 3.54. The van der Waals surface area contributed by atoms with Crippen molar-refractivity contribution in [2.75, 3.05) is 36.4 Å². The summed E-state index contributed by atoms with van der Waals surface area (Å²) in [6, 6.07) is 17.8. The Balaban J connectivity index is 1.54. The van der Waals surface area contributed by atoms with Crippen LogP contribution in [0.3, 0.4) is 0 Å². The minimum absolute atomic E-state index is 0.0364. The Bertz CT molecular complexity index is 985. The van der Waals surface area contributed by atoms with E-state index in [0.717, 1.165) is 54.5 Å². The van der Waals surface area contributed by atoms with Gasteiger partial charge in [0.2, 0.25) is 5.95 Å². The van der Waals surface area contributed by atoms with Gasteiger partial charge in [0.15, 0.2) is 6.04 Å². The van der Waals surface area contributed by atoms with Crippen molar-refractivity contribution in [3.05, 3.63) is 83.7 Å². The fourth-order valence-corrected chi connectivity index (χ4v) is 4.03. The minimum Gasteiger partial charge on any atom is -0.330 e. The van der Waals surface area contributed by atoms with Gasteiger partial charge in [0.25, 0.3) is 5.91 Å². The first-order valence-electron chi connectivity index (χ1n) is 10.4. The Kier molecular flexibility index (Phi) is 6.05. The van der Waals surface area contributed by atoms with Crippen molar-refractivity contribution in [3.8, 4) is 0 Å². The van der Waals surface area contributed by atoms with Crippen LogP contribution >= 0.6 is 0 Å². The number of aromatic nitrogens is 2. The second-order valence-corrected chi connectivity index (χ2v) is 7.85. The Hall–Kier alpha value is -3.25. The van der Waals surface area contributed by atoms with Crippen LogP contribution in [0.5, 0.6) is 0 Å². The average molecular weight is 403 g/mol. The normalized spacial score (nSPS) is 15.6. The van der Waals surface area contributed by atoms with Crippen molar-refractivity contribution < 1.29 is 9.69 Å². The Morgan fingerprint density at radius 2 is 1.70 bits per heavy atom. The second-order valence-electron chi connectivity index (χ2n) is 7.85. The highest BCUT2D eigenvalue weighted by Crippen LogP contribution is 2.19. The van der Waals surface area contributed by atoms with Gasteiger partial charge in [0.1, 0.15) is 0 Å². The summed E-state index contributed by atoms with van der Waals surface area (Å²) in [5.41, 5.74) is 4.13. The molecular weight excluding hydrogens is 374 g/mol. The van der Waals surface area contributed by atoms with Crippen molar-refractivity contribution in [3.63, 3.8) is 0 Å².